The molecule has 1 fully saturated rings. The van der Waals surface area contributed by atoms with E-state index in [9.17, 15) is 0 Å². The lowest BCUT2D eigenvalue weighted by Gasteiger charge is -2.49. The van der Waals surface area contributed by atoms with Crippen LogP contribution in [-0.4, -0.2) is 17.7 Å². The van der Waals surface area contributed by atoms with Crippen molar-refractivity contribution in [2.45, 2.75) is 51.6 Å². The van der Waals surface area contributed by atoms with Gasteiger partial charge in [0.2, 0.25) is 0 Å². The average molecular weight is 396 g/mol. The molecule has 2 aromatic carbocycles. The minimum atomic E-state index is -0.221. The van der Waals surface area contributed by atoms with Crippen LogP contribution in [-0.2, 0) is 0 Å². The molecule has 0 saturated heterocycles. The van der Waals surface area contributed by atoms with Gasteiger partial charge in [0.1, 0.15) is 22.1 Å². The number of hydrogen-bond acceptors (Lipinski definition) is 3. The molecule has 1 N–H and O–H groups in total. The molecule has 2 aromatic rings. The second-order valence-electron chi connectivity index (χ2n) is 8.72. The minimum Gasteiger partial charge on any atom is -0.496 e. The van der Waals surface area contributed by atoms with Crippen molar-refractivity contribution < 1.29 is 9.47 Å². The molecule has 0 radical (unpaired) electrons. The van der Waals surface area contributed by atoms with Gasteiger partial charge in [-0.1, -0.05) is 43.8 Å². The lowest BCUT2D eigenvalue weighted by Crippen LogP contribution is -2.47. The van der Waals surface area contributed by atoms with Crippen LogP contribution in [0, 0.1) is 11.8 Å². The van der Waals surface area contributed by atoms with Crippen molar-refractivity contribution in [1.82, 2.24) is 0 Å². The van der Waals surface area contributed by atoms with Crippen LogP contribution in [0.25, 0.3) is 0 Å². The summed E-state index contributed by atoms with van der Waals surface area (Å²) in [5, 5.41) is 3.36. The van der Waals surface area contributed by atoms with E-state index >= 15 is 0 Å². The monoisotopic (exact) mass is 395 g/mol. The number of ether oxygens (including phenoxy) is 2. The lowest BCUT2D eigenvalue weighted by molar-refractivity contribution is -0.0146. The number of thiocarbonyl (C=S) groups is 1. The largest absolute Gasteiger partial charge is 0.496 e. The van der Waals surface area contributed by atoms with Crippen LogP contribution in [0.4, 0.5) is 5.69 Å². The van der Waals surface area contributed by atoms with E-state index in [-0.39, 0.29) is 5.60 Å². The Kier molecular flexibility index (Phi) is 5.09. The predicted octanol–water partition coefficient (Wildman–Crippen LogP) is 6.17. The van der Waals surface area contributed by atoms with Gasteiger partial charge >= 0.3 is 0 Å². The van der Waals surface area contributed by atoms with Crippen LogP contribution < -0.4 is 14.8 Å². The SMILES string of the molecule is COc1ccc(C(=S)Nc2ccccc2)c2c1[C@@H]1C[C@H](C)CC[C@H]1C(C)(C)O2. The lowest BCUT2D eigenvalue weighted by atomic mass is 9.64. The normalized spacial score (nSPS) is 25.1. The van der Waals surface area contributed by atoms with Crippen molar-refractivity contribution in [2.24, 2.45) is 11.8 Å². The number of anilines is 1. The van der Waals surface area contributed by atoms with Crippen molar-refractivity contribution in [3.8, 4) is 11.5 Å². The molecule has 0 amide bonds. The molecule has 1 aliphatic heterocycles. The van der Waals surface area contributed by atoms with Crippen LogP contribution >= 0.6 is 12.2 Å². The Balaban J connectivity index is 1.79. The molecule has 3 nitrogen and oxygen atoms in total. The highest BCUT2D eigenvalue weighted by molar-refractivity contribution is 7.81. The summed E-state index contributed by atoms with van der Waals surface area (Å²) in [4.78, 5) is 0.684. The maximum absolute atomic E-state index is 6.65. The van der Waals surface area contributed by atoms with Gasteiger partial charge in [0.05, 0.1) is 12.7 Å². The third kappa shape index (κ3) is 3.39. The van der Waals surface area contributed by atoms with Crippen molar-refractivity contribution in [1.29, 1.82) is 0 Å². The van der Waals surface area contributed by atoms with Crippen molar-refractivity contribution in [2.75, 3.05) is 12.4 Å². The summed E-state index contributed by atoms with van der Waals surface area (Å²) >= 11 is 5.78. The molecule has 1 aliphatic carbocycles. The molecule has 4 rings (SSSR count). The van der Waals surface area contributed by atoms with Gasteiger partial charge in [0.15, 0.2) is 0 Å². The Labute approximate surface area is 173 Å². The van der Waals surface area contributed by atoms with E-state index in [0.717, 1.165) is 22.7 Å². The Morgan fingerprint density at radius 3 is 2.61 bits per heavy atom. The quantitative estimate of drug-likeness (QED) is 0.629. The fourth-order valence-electron chi connectivity index (χ4n) is 4.99. The Morgan fingerprint density at radius 1 is 1.14 bits per heavy atom. The Bertz CT molecular complexity index is 878. The second kappa shape index (κ2) is 7.40. The van der Waals surface area contributed by atoms with Gasteiger partial charge < -0.3 is 14.8 Å². The molecular formula is C24H29NO2S. The van der Waals surface area contributed by atoms with E-state index in [4.69, 9.17) is 21.7 Å². The zero-order chi connectivity index (χ0) is 19.9. The van der Waals surface area contributed by atoms with Crippen LogP contribution in [0.5, 0.6) is 11.5 Å². The molecule has 0 unspecified atom stereocenters. The van der Waals surface area contributed by atoms with Gasteiger partial charge in [-0.05, 0) is 62.8 Å². The summed E-state index contributed by atoms with van der Waals surface area (Å²) in [6, 6.07) is 14.1. The first-order valence-corrected chi connectivity index (χ1v) is 10.6. The first kappa shape index (κ1) is 19.3. The van der Waals surface area contributed by atoms with Crippen molar-refractivity contribution in [3.63, 3.8) is 0 Å². The number of fused-ring (bicyclic) bond motifs is 3. The molecule has 28 heavy (non-hydrogen) atoms. The minimum absolute atomic E-state index is 0.221. The number of para-hydroxylation sites is 1. The van der Waals surface area contributed by atoms with E-state index in [2.05, 4.69) is 26.1 Å². The van der Waals surface area contributed by atoms with Gasteiger partial charge in [-0.25, -0.2) is 0 Å². The third-order valence-corrected chi connectivity index (χ3v) is 6.72. The van der Waals surface area contributed by atoms with E-state index in [1.807, 2.05) is 42.5 Å². The van der Waals surface area contributed by atoms with E-state index < -0.39 is 0 Å². The zero-order valence-corrected chi connectivity index (χ0v) is 17.9. The molecule has 148 valence electrons. The molecule has 0 aromatic heterocycles. The molecule has 0 spiro atoms. The summed E-state index contributed by atoms with van der Waals surface area (Å²) in [6.45, 7) is 6.80. The van der Waals surface area contributed by atoms with E-state index in [1.54, 1.807) is 7.11 Å². The fourth-order valence-corrected chi connectivity index (χ4v) is 5.27. The molecule has 4 heteroatoms. The Morgan fingerprint density at radius 2 is 1.89 bits per heavy atom. The zero-order valence-electron chi connectivity index (χ0n) is 17.1. The first-order valence-electron chi connectivity index (χ1n) is 10.2. The van der Waals surface area contributed by atoms with E-state index in [1.165, 1.54) is 24.8 Å². The topological polar surface area (TPSA) is 30.5 Å². The van der Waals surface area contributed by atoms with Gasteiger partial charge in [0, 0.05) is 17.2 Å². The van der Waals surface area contributed by atoms with Crippen LogP contribution in [0.2, 0.25) is 0 Å². The number of rotatable bonds is 3. The maximum atomic E-state index is 6.65. The van der Waals surface area contributed by atoms with Gasteiger partial charge in [-0.3, -0.25) is 0 Å². The first-order chi connectivity index (χ1) is 13.4. The predicted molar refractivity (Wildman–Crippen MR) is 119 cm³/mol. The molecule has 2 aliphatic rings. The third-order valence-electron chi connectivity index (χ3n) is 6.39. The number of nitrogens with one attached hydrogen (secondary N) is 1. The number of hydrogen-bond donors (Lipinski definition) is 1. The fraction of sp³-hybridized carbons (Fsp3) is 0.458. The highest BCUT2D eigenvalue weighted by Crippen LogP contribution is 2.56. The standard InChI is InChI=1S/C24H29NO2S/c1-15-10-12-19-18(14-15)21-20(26-4)13-11-17(22(21)27-24(19,2)3)23(28)25-16-8-6-5-7-9-16/h5-9,11,13,15,18-19H,10,12,14H2,1-4H3,(H,25,28)/t15-,18-,19-/m1/s1. The summed E-state index contributed by atoms with van der Waals surface area (Å²) in [5.41, 5.74) is 2.91. The van der Waals surface area contributed by atoms with Crippen molar-refractivity contribution >= 4 is 22.9 Å². The number of benzene rings is 2. The van der Waals surface area contributed by atoms with Crippen LogP contribution in [0.3, 0.4) is 0 Å². The average Bonchev–Trinajstić information content (AvgIpc) is 2.67. The summed E-state index contributed by atoms with van der Waals surface area (Å²) in [7, 11) is 1.75. The Hall–Kier alpha value is -2.07. The molecule has 1 heterocycles. The molecule has 0 bridgehead atoms. The second-order valence-corrected chi connectivity index (χ2v) is 9.12. The summed E-state index contributed by atoms with van der Waals surface area (Å²) in [5.74, 6) is 3.47. The van der Waals surface area contributed by atoms with Crippen molar-refractivity contribution in [3.05, 3.63) is 53.6 Å². The molecular weight excluding hydrogens is 366 g/mol. The maximum Gasteiger partial charge on any atom is 0.137 e. The molecule has 3 atom stereocenters. The highest BCUT2D eigenvalue weighted by Gasteiger charge is 2.48. The van der Waals surface area contributed by atoms with Gasteiger partial charge in [-0.15, -0.1) is 0 Å². The highest BCUT2D eigenvalue weighted by atomic mass is 32.1. The number of methoxy groups -OCH3 is 1. The smallest absolute Gasteiger partial charge is 0.137 e. The van der Waals surface area contributed by atoms with Gasteiger partial charge in [0.25, 0.3) is 0 Å². The van der Waals surface area contributed by atoms with Crippen LogP contribution in [0.15, 0.2) is 42.5 Å². The molecule has 1 saturated carbocycles. The van der Waals surface area contributed by atoms with E-state index in [0.29, 0.717) is 22.7 Å². The van der Waals surface area contributed by atoms with Crippen LogP contribution in [0.1, 0.15) is 57.1 Å². The van der Waals surface area contributed by atoms with Gasteiger partial charge in [-0.2, -0.15) is 0 Å². The summed E-state index contributed by atoms with van der Waals surface area (Å²) in [6.07, 6.45) is 3.63. The summed E-state index contributed by atoms with van der Waals surface area (Å²) < 4.78 is 12.4.